The summed E-state index contributed by atoms with van der Waals surface area (Å²) in [6.45, 7) is 0.438. The second kappa shape index (κ2) is 5.96. The van der Waals surface area contributed by atoms with E-state index in [1.165, 1.54) is 19.2 Å². The second-order valence-electron chi connectivity index (χ2n) is 4.45. The van der Waals surface area contributed by atoms with Gasteiger partial charge in [0.15, 0.2) is 0 Å². The van der Waals surface area contributed by atoms with Gasteiger partial charge in [-0.25, -0.2) is 0 Å². The van der Waals surface area contributed by atoms with Crippen LogP contribution >= 0.6 is 0 Å². The van der Waals surface area contributed by atoms with E-state index >= 15 is 0 Å². The lowest BCUT2D eigenvalue weighted by atomic mass is 10.2. The lowest BCUT2D eigenvalue weighted by Gasteiger charge is -2.10. The summed E-state index contributed by atoms with van der Waals surface area (Å²) >= 11 is 0. The van der Waals surface area contributed by atoms with Crippen LogP contribution in [0, 0.1) is 21.4 Å². The minimum absolute atomic E-state index is 0.0101. The van der Waals surface area contributed by atoms with Crippen LogP contribution in [0.4, 0.5) is 11.4 Å². The molecule has 1 aromatic heterocycles. The van der Waals surface area contributed by atoms with Crippen molar-refractivity contribution in [2.24, 2.45) is 7.05 Å². The molecule has 2 rings (SSSR count). The molecule has 0 atom stereocenters. The predicted octanol–water partition coefficient (Wildman–Crippen LogP) is 2.43. The van der Waals surface area contributed by atoms with E-state index in [1.54, 1.807) is 23.7 Å². The van der Waals surface area contributed by atoms with Crippen LogP contribution < -0.4 is 10.1 Å². The van der Waals surface area contributed by atoms with Gasteiger partial charge in [0.25, 0.3) is 5.69 Å². The summed E-state index contributed by atoms with van der Waals surface area (Å²) in [5.74, 6) is 0.525. The van der Waals surface area contributed by atoms with Crippen LogP contribution in [0.15, 0.2) is 30.5 Å². The first-order valence-electron chi connectivity index (χ1n) is 6.16. The number of nitro groups is 1. The third-order valence-corrected chi connectivity index (χ3v) is 3.05. The van der Waals surface area contributed by atoms with Gasteiger partial charge in [0.05, 0.1) is 17.7 Å². The lowest BCUT2D eigenvalue weighted by molar-refractivity contribution is -0.384. The fraction of sp³-hybridized carbons (Fsp3) is 0.214. The molecule has 1 N–H and O–H groups in total. The number of nitrogens with one attached hydrogen (secondary N) is 1. The van der Waals surface area contributed by atoms with E-state index in [1.807, 2.05) is 6.20 Å². The number of anilines is 1. The highest BCUT2D eigenvalue weighted by Crippen LogP contribution is 2.29. The zero-order valence-electron chi connectivity index (χ0n) is 11.7. The van der Waals surface area contributed by atoms with Gasteiger partial charge < -0.3 is 14.6 Å². The highest BCUT2D eigenvalue weighted by atomic mass is 16.6. The molecule has 7 heteroatoms. The first-order valence-corrected chi connectivity index (χ1v) is 6.16. The molecule has 0 spiro atoms. The van der Waals surface area contributed by atoms with Gasteiger partial charge in [0, 0.05) is 31.9 Å². The maximum absolute atomic E-state index is 10.8. The fourth-order valence-corrected chi connectivity index (χ4v) is 1.99. The van der Waals surface area contributed by atoms with E-state index < -0.39 is 4.92 Å². The SMILES string of the molecule is COc1ccc([N+](=O)[O-])cc1NCc1cc(C#N)n(C)c1. The Balaban J connectivity index is 2.20. The van der Waals surface area contributed by atoms with Crippen molar-refractivity contribution in [2.75, 3.05) is 12.4 Å². The molecular weight excluding hydrogens is 272 g/mol. The van der Waals surface area contributed by atoms with E-state index in [2.05, 4.69) is 11.4 Å². The Bertz CT molecular complexity index is 715. The average Bonchev–Trinajstić information content (AvgIpc) is 2.84. The molecule has 1 heterocycles. The van der Waals surface area contributed by atoms with Crippen LogP contribution in [-0.2, 0) is 13.6 Å². The summed E-state index contributed by atoms with van der Waals surface area (Å²) in [6, 6.07) is 8.20. The van der Waals surface area contributed by atoms with Crippen LogP contribution in [0.5, 0.6) is 5.75 Å². The van der Waals surface area contributed by atoms with Crippen molar-refractivity contribution < 1.29 is 9.66 Å². The number of nitrogens with zero attached hydrogens (tertiary/aromatic N) is 3. The number of rotatable bonds is 5. The molecule has 108 valence electrons. The number of non-ortho nitro benzene ring substituents is 1. The van der Waals surface area contributed by atoms with Crippen LogP contribution in [0.3, 0.4) is 0 Å². The minimum atomic E-state index is -0.457. The standard InChI is InChI=1S/C14H14N4O3/c1-17-9-10(5-12(17)7-15)8-16-13-6-11(18(19)20)3-4-14(13)21-2/h3-6,9,16H,8H2,1-2H3. The maximum atomic E-state index is 10.8. The van der Waals surface area contributed by atoms with Crippen molar-refractivity contribution >= 4 is 11.4 Å². The molecule has 7 nitrogen and oxygen atoms in total. The van der Waals surface area contributed by atoms with Crippen LogP contribution in [-0.4, -0.2) is 16.6 Å². The topological polar surface area (TPSA) is 93.1 Å². The summed E-state index contributed by atoms with van der Waals surface area (Å²) in [7, 11) is 3.29. The summed E-state index contributed by atoms with van der Waals surface area (Å²) in [6.07, 6.45) is 1.83. The van der Waals surface area contributed by atoms with Gasteiger partial charge in [-0.05, 0) is 17.7 Å². The van der Waals surface area contributed by atoms with Gasteiger partial charge in [0.1, 0.15) is 17.5 Å². The molecular formula is C14H14N4O3. The van der Waals surface area contributed by atoms with Crippen LogP contribution in [0.25, 0.3) is 0 Å². The van der Waals surface area contributed by atoms with Crippen molar-refractivity contribution in [2.45, 2.75) is 6.54 Å². The number of ether oxygens (including phenoxy) is 1. The monoisotopic (exact) mass is 286 g/mol. The number of hydrogen-bond donors (Lipinski definition) is 1. The van der Waals surface area contributed by atoms with E-state index in [0.29, 0.717) is 23.7 Å². The summed E-state index contributed by atoms with van der Waals surface area (Å²) in [5.41, 5.74) is 1.98. The number of nitriles is 1. The van der Waals surface area contributed by atoms with Crippen molar-refractivity contribution in [3.8, 4) is 11.8 Å². The summed E-state index contributed by atoms with van der Waals surface area (Å²) in [4.78, 5) is 10.4. The number of benzene rings is 1. The van der Waals surface area contributed by atoms with Crippen LogP contribution in [0.2, 0.25) is 0 Å². The van der Waals surface area contributed by atoms with E-state index in [9.17, 15) is 10.1 Å². The lowest BCUT2D eigenvalue weighted by Crippen LogP contribution is -2.01. The highest BCUT2D eigenvalue weighted by Gasteiger charge is 2.11. The average molecular weight is 286 g/mol. The second-order valence-corrected chi connectivity index (χ2v) is 4.45. The van der Waals surface area contributed by atoms with Crippen molar-refractivity contribution in [1.29, 1.82) is 5.26 Å². The Kier molecular flexibility index (Phi) is 4.09. The molecule has 0 saturated carbocycles. The summed E-state index contributed by atoms with van der Waals surface area (Å²) < 4.78 is 6.90. The third kappa shape index (κ3) is 3.12. The molecule has 0 radical (unpaired) electrons. The maximum Gasteiger partial charge on any atom is 0.271 e. The van der Waals surface area contributed by atoms with Crippen molar-refractivity contribution in [1.82, 2.24) is 4.57 Å². The quantitative estimate of drug-likeness (QED) is 0.673. The van der Waals surface area contributed by atoms with Crippen molar-refractivity contribution in [3.05, 3.63) is 51.8 Å². The first-order chi connectivity index (χ1) is 10.0. The normalized spacial score (nSPS) is 9.95. The smallest absolute Gasteiger partial charge is 0.271 e. The molecule has 2 aromatic rings. The molecule has 0 fully saturated rings. The molecule has 0 aliphatic heterocycles. The largest absolute Gasteiger partial charge is 0.495 e. The van der Waals surface area contributed by atoms with Gasteiger partial charge in [-0.1, -0.05) is 0 Å². The fourth-order valence-electron chi connectivity index (χ4n) is 1.99. The first kappa shape index (κ1) is 14.4. The van der Waals surface area contributed by atoms with Gasteiger partial charge in [-0.3, -0.25) is 10.1 Å². The van der Waals surface area contributed by atoms with E-state index in [4.69, 9.17) is 10.00 Å². The Morgan fingerprint density at radius 1 is 1.48 bits per heavy atom. The predicted molar refractivity (Wildman–Crippen MR) is 77.1 cm³/mol. The zero-order chi connectivity index (χ0) is 15.4. The van der Waals surface area contributed by atoms with E-state index in [0.717, 1.165) is 5.56 Å². The highest BCUT2D eigenvalue weighted by molar-refractivity contribution is 5.61. The Labute approximate surface area is 121 Å². The van der Waals surface area contributed by atoms with Gasteiger partial charge >= 0.3 is 0 Å². The number of methoxy groups -OCH3 is 1. The minimum Gasteiger partial charge on any atom is -0.495 e. The molecule has 0 aliphatic carbocycles. The third-order valence-electron chi connectivity index (χ3n) is 3.05. The van der Waals surface area contributed by atoms with Gasteiger partial charge in [-0.15, -0.1) is 0 Å². The van der Waals surface area contributed by atoms with Gasteiger partial charge in [0.2, 0.25) is 0 Å². The number of hydrogen-bond acceptors (Lipinski definition) is 5. The number of aryl methyl sites for hydroxylation is 1. The number of nitro benzene ring substituents is 1. The summed E-state index contributed by atoms with van der Waals surface area (Å²) in [5, 5.41) is 22.8. The van der Waals surface area contributed by atoms with Gasteiger partial charge in [-0.2, -0.15) is 5.26 Å². The molecule has 0 amide bonds. The zero-order valence-corrected chi connectivity index (χ0v) is 11.7. The molecule has 0 unspecified atom stereocenters. The number of aromatic nitrogens is 1. The van der Waals surface area contributed by atoms with Crippen molar-refractivity contribution in [3.63, 3.8) is 0 Å². The molecule has 0 bridgehead atoms. The Morgan fingerprint density at radius 2 is 2.24 bits per heavy atom. The molecule has 0 aliphatic rings. The Morgan fingerprint density at radius 3 is 2.81 bits per heavy atom. The Hall–Kier alpha value is -3.01. The molecule has 21 heavy (non-hydrogen) atoms. The van der Waals surface area contributed by atoms with E-state index in [-0.39, 0.29) is 5.69 Å². The molecule has 0 saturated heterocycles. The van der Waals surface area contributed by atoms with Crippen LogP contribution in [0.1, 0.15) is 11.3 Å². The molecule has 1 aromatic carbocycles.